The van der Waals surface area contributed by atoms with E-state index < -0.39 is 5.97 Å². The second-order valence-electron chi connectivity index (χ2n) is 3.73. The van der Waals surface area contributed by atoms with Crippen molar-refractivity contribution < 1.29 is 9.90 Å². The second-order valence-corrected chi connectivity index (χ2v) is 4.68. The Morgan fingerprint density at radius 1 is 1.58 bits per heavy atom. The van der Waals surface area contributed by atoms with Crippen molar-refractivity contribution in [2.24, 2.45) is 0 Å². The molecule has 19 heavy (non-hydrogen) atoms. The van der Waals surface area contributed by atoms with Crippen molar-refractivity contribution in [3.8, 4) is 0 Å². The lowest BCUT2D eigenvalue weighted by molar-refractivity contribution is 0.0692. The molecule has 0 amide bonds. The SMILES string of the molecule is CCCn1c(Sc2ncccc2C(=O)O)n[nH]c1=O. The monoisotopic (exact) mass is 280 g/mol. The average Bonchev–Trinajstić information content (AvgIpc) is 2.72. The number of aromatic nitrogens is 4. The molecule has 100 valence electrons. The number of aromatic amines is 1. The van der Waals surface area contributed by atoms with Gasteiger partial charge in [0.2, 0.25) is 0 Å². The topological polar surface area (TPSA) is 101 Å². The maximum Gasteiger partial charge on any atom is 0.343 e. The van der Waals surface area contributed by atoms with Gasteiger partial charge in [-0.25, -0.2) is 19.7 Å². The van der Waals surface area contributed by atoms with Crippen molar-refractivity contribution in [1.82, 2.24) is 19.7 Å². The minimum atomic E-state index is -1.06. The number of H-pyrrole nitrogens is 1. The molecular formula is C11H12N4O3S. The van der Waals surface area contributed by atoms with Crippen LogP contribution in [0.2, 0.25) is 0 Å². The van der Waals surface area contributed by atoms with E-state index in [1.807, 2.05) is 6.92 Å². The standard InChI is InChI=1S/C11H12N4O3S/c1-2-6-15-10(18)13-14-11(15)19-8-7(9(16)17)4-3-5-12-8/h3-5H,2,6H2,1H3,(H,13,18)(H,16,17). The summed E-state index contributed by atoms with van der Waals surface area (Å²) in [5, 5.41) is 16.0. The van der Waals surface area contributed by atoms with Gasteiger partial charge >= 0.3 is 11.7 Å². The number of carboxylic acid groups (broad SMARTS) is 1. The number of carbonyl (C=O) groups is 1. The second kappa shape index (κ2) is 5.70. The number of nitrogens with zero attached hydrogens (tertiary/aromatic N) is 3. The Labute approximate surface area is 112 Å². The third-order valence-corrected chi connectivity index (χ3v) is 3.37. The summed E-state index contributed by atoms with van der Waals surface area (Å²) in [6.45, 7) is 2.46. The van der Waals surface area contributed by atoms with Crippen LogP contribution in [-0.4, -0.2) is 30.8 Å². The van der Waals surface area contributed by atoms with Crippen LogP contribution in [0.4, 0.5) is 0 Å². The van der Waals surface area contributed by atoms with Crippen LogP contribution in [0.3, 0.4) is 0 Å². The van der Waals surface area contributed by atoms with Gasteiger partial charge in [0.15, 0.2) is 5.16 Å². The van der Waals surface area contributed by atoms with Gasteiger partial charge < -0.3 is 5.11 Å². The largest absolute Gasteiger partial charge is 0.478 e. The highest BCUT2D eigenvalue weighted by Crippen LogP contribution is 2.26. The summed E-state index contributed by atoms with van der Waals surface area (Å²) in [7, 11) is 0. The van der Waals surface area contributed by atoms with Crippen molar-refractivity contribution in [2.75, 3.05) is 0 Å². The summed E-state index contributed by atoms with van der Waals surface area (Å²) in [4.78, 5) is 26.6. The highest BCUT2D eigenvalue weighted by Gasteiger charge is 2.16. The van der Waals surface area contributed by atoms with E-state index in [-0.39, 0.29) is 11.3 Å². The van der Waals surface area contributed by atoms with E-state index >= 15 is 0 Å². The van der Waals surface area contributed by atoms with Gasteiger partial charge in [-0.05, 0) is 30.3 Å². The molecule has 2 N–H and O–H groups in total. The lowest BCUT2D eigenvalue weighted by Crippen LogP contribution is -2.17. The Hall–Kier alpha value is -2.09. The molecule has 0 aliphatic carbocycles. The maximum atomic E-state index is 11.5. The Kier molecular flexibility index (Phi) is 4.00. The van der Waals surface area contributed by atoms with Crippen LogP contribution in [0.1, 0.15) is 23.7 Å². The molecule has 0 saturated heterocycles. The summed E-state index contributed by atoms with van der Waals surface area (Å²) in [5.74, 6) is -1.06. The molecule has 2 heterocycles. The number of hydrogen-bond donors (Lipinski definition) is 2. The lowest BCUT2D eigenvalue weighted by atomic mass is 10.3. The quantitative estimate of drug-likeness (QED) is 0.854. The van der Waals surface area contributed by atoms with Gasteiger partial charge in [0.1, 0.15) is 5.03 Å². The van der Waals surface area contributed by atoms with Crippen molar-refractivity contribution in [1.29, 1.82) is 0 Å². The summed E-state index contributed by atoms with van der Waals surface area (Å²) < 4.78 is 1.46. The molecule has 2 aromatic heterocycles. The van der Waals surface area contributed by atoms with Crippen LogP contribution < -0.4 is 5.69 Å². The van der Waals surface area contributed by atoms with Crippen molar-refractivity contribution in [2.45, 2.75) is 30.1 Å². The zero-order chi connectivity index (χ0) is 13.8. The zero-order valence-corrected chi connectivity index (χ0v) is 11.0. The Balaban J connectivity index is 2.37. The third-order valence-electron chi connectivity index (χ3n) is 2.36. The van der Waals surface area contributed by atoms with Crippen LogP contribution in [-0.2, 0) is 6.54 Å². The van der Waals surface area contributed by atoms with Crippen LogP contribution >= 0.6 is 11.8 Å². The van der Waals surface area contributed by atoms with E-state index in [1.165, 1.54) is 16.8 Å². The minimum Gasteiger partial charge on any atom is -0.478 e. The van der Waals surface area contributed by atoms with Gasteiger partial charge in [0.05, 0.1) is 5.56 Å². The third kappa shape index (κ3) is 2.84. The fourth-order valence-electron chi connectivity index (χ4n) is 1.52. The number of aromatic carboxylic acids is 1. The van der Waals surface area contributed by atoms with Gasteiger partial charge in [-0.2, -0.15) is 0 Å². The van der Waals surface area contributed by atoms with E-state index in [2.05, 4.69) is 15.2 Å². The highest BCUT2D eigenvalue weighted by molar-refractivity contribution is 7.99. The molecule has 0 saturated carbocycles. The van der Waals surface area contributed by atoms with E-state index in [4.69, 9.17) is 5.11 Å². The van der Waals surface area contributed by atoms with Gasteiger partial charge in [-0.3, -0.25) is 4.57 Å². The Morgan fingerprint density at radius 2 is 2.37 bits per heavy atom. The van der Waals surface area contributed by atoms with E-state index in [0.29, 0.717) is 16.7 Å². The first-order valence-corrected chi connectivity index (χ1v) is 6.46. The fourth-order valence-corrected chi connectivity index (χ4v) is 2.45. The number of carboxylic acids is 1. The van der Waals surface area contributed by atoms with E-state index in [0.717, 1.165) is 18.2 Å². The normalized spacial score (nSPS) is 10.6. The van der Waals surface area contributed by atoms with Crippen molar-refractivity contribution >= 4 is 17.7 Å². The molecule has 2 aromatic rings. The smallest absolute Gasteiger partial charge is 0.343 e. The molecule has 0 aliphatic rings. The number of pyridine rings is 1. The van der Waals surface area contributed by atoms with Crippen LogP contribution in [0.15, 0.2) is 33.3 Å². The zero-order valence-electron chi connectivity index (χ0n) is 10.2. The number of nitrogens with one attached hydrogen (secondary N) is 1. The molecule has 0 aliphatic heterocycles. The van der Waals surface area contributed by atoms with E-state index in [9.17, 15) is 9.59 Å². The molecule has 0 atom stereocenters. The Bertz CT molecular complexity index is 649. The molecular weight excluding hydrogens is 268 g/mol. The molecule has 7 nitrogen and oxygen atoms in total. The van der Waals surface area contributed by atoms with Crippen LogP contribution in [0, 0.1) is 0 Å². The first kappa shape index (κ1) is 13.3. The summed E-state index contributed by atoms with van der Waals surface area (Å²) in [6.07, 6.45) is 2.28. The molecule has 0 fully saturated rings. The molecule has 2 rings (SSSR count). The van der Waals surface area contributed by atoms with Crippen LogP contribution in [0.5, 0.6) is 0 Å². The molecule has 8 heteroatoms. The van der Waals surface area contributed by atoms with Crippen molar-refractivity contribution in [3.05, 3.63) is 34.4 Å². The number of rotatable bonds is 5. The molecule has 0 bridgehead atoms. The van der Waals surface area contributed by atoms with Gasteiger partial charge in [0, 0.05) is 12.7 Å². The summed E-state index contributed by atoms with van der Waals surface area (Å²) in [6, 6.07) is 3.02. The molecule has 0 spiro atoms. The molecule has 0 aromatic carbocycles. The van der Waals surface area contributed by atoms with Gasteiger partial charge in [-0.1, -0.05) is 6.92 Å². The highest BCUT2D eigenvalue weighted by atomic mass is 32.2. The Morgan fingerprint density at radius 3 is 3.05 bits per heavy atom. The van der Waals surface area contributed by atoms with Gasteiger partial charge in [-0.15, -0.1) is 5.10 Å². The first-order chi connectivity index (χ1) is 9.13. The predicted octanol–water partition coefficient (Wildman–Crippen LogP) is 1.23. The fraction of sp³-hybridized carbons (Fsp3) is 0.273. The lowest BCUT2D eigenvalue weighted by Gasteiger charge is -2.05. The summed E-state index contributed by atoms with van der Waals surface area (Å²) >= 11 is 1.06. The maximum absolute atomic E-state index is 11.5. The van der Waals surface area contributed by atoms with Gasteiger partial charge in [0.25, 0.3) is 0 Å². The summed E-state index contributed by atoms with van der Waals surface area (Å²) in [5.41, 5.74) is -0.219. The molecule has 0 radical (unpaired) electrons. The van der Waals surface area contributed by atoms with E-state index in [1.54, 1.807) is 6.07 Å². The van der Waals surface area contributed by atoms with Crippen LogP contribution in [0.25, 0.3) is 0 Å². The predicted molar refractivity (Wildman–Crippen MR) is 68.5 cm³/mol. The average molecular weight is 280 g/mol. The number of hydrogen-bond acceptors (Lipinski definition) is 5. The molecule has 0 unspecified atom stereocenters. The van der Waals surface area contributed by atoms with Crippen molar-refractivity contribution in [3.63, 3.8) is 0 Å². The first-order valence-electron chi connectivity index (χ1n) is 5.65. The minimum absolute atomic E-state index is 0.0889.